The zero-order chi connectivity index (χ0) is 9.15. The van der Waals surface area contributed by atoms with E-state index in [1.807, 2.05) is 29.6 Å². The second kappa shape index (κ2) is 3.95. The SMILES string of the molecule is COC1(c2ccccc2)SCCS1. The van der Waals surface area contributed by atoms with E-state index in [-0.39, 0.29) is 4.27 Å². The highest BCUT2D eigenvalue weighted by molar-refractivity contribution is 8.20. The zero-order valence-corrected chi connectivity index (χ0v) is 9.16. The molecule has 1 nitrogen and oxygen atoms in total. The van der Waals surface area contributed by atoms with E-state index in [4.69, 9.17) is 4.74 Å². The van der Waals surface area contributed by atoms with Crippen LogP contribution in [0.2, 0.25) is 0 Å². The molecule has 0 atom stereocenters. The van der Waals surface area contributed by atoms with Crippen LogP contribution in [0.3, 0.4) is 0 Å². The Hall–Kier alpha value is -0.120. The number of benzene rings is 1. The van der Waals surface area contributed by atoms with Crippen molar-refractivity contribution >= 4 is 23.5 Å². The Balaban J connectivity index is 2.31. The van der Waals surface area contributed by atoms with E-state index in [0.717, 1.165) is 0 Å². The van der Waals surface area contributed by atoms with Crippen molar-refractivity contribution in [2.45, 2.75) is 4.27 Å². The summed E-state index contributed by atoms with van der Waals surface area (Å²) in [6, 6.07) is 10.4. The first-order chi connectivity index (χ1) is 6.37. The summed E-state index contributed by atoms with van der Waals surface area (Å²) < 4.78 is 5.47. The van der Waals surface area contributed by atoms with E-state index in [1.165, 1.54) is 17.1 Å². The van der Waals surface area contributed by atoms with Gasteiger partial charge in [-0.15, -0.1) is 23.5 Å². The molecule has 1 saturated heterocycles. The third-order valence-corrected chi connectivity index (χ3v) is 5.41. The molecule has 1 aromatic rings. The molecule has 1 aromatic carbocycles. The maximum Gasteiger partial charge on any atom is 0.186 e. The van der Waals surface area contributed by atoms with Gasteiger partial charge in [-0.25, -0.2) is 0 Å². The molecule has 1 fully saturated rings. The van der Waals surface area contributed by atoms with Gasteiger partial charge in [-0.3, -0.25) is 0 Å². The fourth-order valence-electron chi connectivity index (χ4n) is 1.44. The molecule has 1 aliphatic heterocycles. The fourth-order valence-corrected chi connectivity index (χ4v) is 4.32. The summed E-state index contributed by atoms with van der Waals surface area (Å²) >= 11 is 3.77. The molecule has 0 N–H and O–H groups in total. The Morgan fingerprint density at radius 3 is 2.31 bits per heavy atom. The van der Waals surface area contributed by atoms with Gasteiger partial charge in [0.2, 0.25) is 0 Å². The minimum atomic E-state index is -0.138. The zero-order valence-electron chi connectivity index (χ0n) is 7.53. The lowest BCUT2D eigenvalue weighted by Gasteiger charge is -2.25. The van der Waals surface area contributed by atoms with Crippen LogP contribution in [0.15, 0.2) is 30.3 Å². The van der Waals surface area contributed by atoms with Crippen LogP contribution in [-0.2, 0) is 9.00 Å². The topological polar surface area (TPSA) is 9.23 Å². The van der Waals surface area contributed by atoms with Crippen LogP contribution in [0.5, 0.6) is 0 Å². The number of rotatable bonds is 2. The molecule has 70 valence electrons. The van der Waals surface area contributed by atoms with E-state index in [2.05, 4.69) is 24.3 Å². The van der Waals surface area contributed by atoms with Gasteiger partial charge in [0.15, 0.2) is 4.27 Å². The second-order valence-corrected chi connectivity index (χ2v) is 5.63. The van der Waals surface area contributed by atoms with Gasteiger partial charge in [-0.2, -0.15) is 0 Å². The van der Waals surface area contributed by atoms with Crippen molar-refractivity contribution in [2.24, 2.45) is 0 Å². The summed E-state index contributed by atoms with van der Waals surface area (Å²) in [6.45, 7) is 0. The van der Waals surface area contributed by atoms with Gasteiger partial charge in [0.05, 0.1) is 0 Å². The molecule has 1 aliphatic rings. The van der Waals surface area contributed by atoms with Crippen molar-refractivity contribution in [3.8, 4) is 0 Å². The quantitative estimate of drug-likeness (QED) is 0.746. The fraction of sp³-hybridized carbons (Fsp3) is 0.400. The van der Waals surface area contributed by atoms with Gasteiger partial charge >= 0.3 is 0 Å². The average Bonchev–Trinajstić information content (AvgIpc) is 2.69. The second-order valence-electron chi connectivity index (χ2n) is 2.82. The molecule has 0 aliphatic carbocycles. The molecule has 0 radical (unpaired) electrons. The maximum absolute atomic E-state index is 5.61. The molecule has 1 heterocycles. The number of methoxy groups -OCH3 is 1. The Morgan fingerprint density at radius 2 is 1.77 bits per heavy atom. The minimum absolute atomic E-state index is 0.138. The Morgan fingerprint density at radius 1 is 1.15 bits per heavy atom. The monoisotopic (exact) mass is 212 g/mol. The molecule has 2 rings (SSSR count). The highest BCUT2D eigenvalue weighted by atomic mass is 32.2. The molecule has 3 heteroatoms. The van der Waals surface area contributed by atoms with E-state index < -0.39 is 0 Å². The van der Waals surface area contributed by atoms with Gasteiger partial charge in [-0.05, 0) is 0 Å². The highest BCUT2D eigenvalue weighted by Gasteiger charge is 2.37. The van der Waals surface area contributed by atoms with Crippen molar-refractivity contribution in [2.75, 3.05) is 18.6 Å². The van der Waals surface area contributed by atoms with Crippen LogP contribution in [0.25, 0.3) is 0 Å². The predicted molar refractivity (Wildman–Crippen MR) is 60.0 cm³/mol. The lowest BCUT2D eigenvalue weighted by molar-refractivity contribution is 0.148. The summed E-state index contributed by atoms with van der Waals surface area (Å²) in [4.78, 5) is 0. The van der Waals surface area contributed by atoms with Crippen molar-refractivity contribution in [1.82, 2.24) is 0 Å². The number of thioether (sulfide) groups is 2. The first kappa shape index (κ1) is 9.44. The summed E-state index contributed by atoms with van der Waals surface area (Å²) in [5.41, 5.74) is 1.27. The molecule has 13 heavy (non-hydrogen) atoms. The molecule has 0 saturated carbocycles. The van der Waals surface area contributed by atoms with Gasteiger partial charge in [0.1, 0.15) is 0 Å². The summed E-state index contributed by atoms with van der Waals surface area (Å²) in [5.74, 6) is 2.35. The van der Waals surface area contributed by atoms with Crippen molar-refractivity contribution in [1.29, 1.82) is 0 Å². The van der Waals surface area contributed by atoms with Gasteiger partial charge in [0.25, 0.3) is 0 Å². The first-order valence-electron chi connectivity index (χ1n) is 4.26. The molecule has 0 unspecified atom stereocenters. The Labute approximate surface area is 87.2 Å². The molecule has 0 aromatic heterocycles. The van der Waals surface area contributed by atoms with E-state index in [1.54, 1.807) is 7.11 Å². The van der Waals surface area contributed by atoms with Gasteiger partial charge in [-0.1, -0.05) is 30.3 Å². The van der Waals surface area contributed by atoms with Crippen LogP contribution in [0, 0.1) is 0 Å². The van der Waals surface area contributed by atoms with Crippen LogP contribution in [0.1, 0.15) is 5.56 Å². The average molecular weight is 212 g/mol. The molecular formula is C10H12OS2. The van der Waals surface area contributed by atoms with Gasteiger partial charge < -0.3 is 4.74 Å². The van der Waals surface area contributed by atoms with E-state index in [0.29, 0.717) is 0 Å². The third kappa shape index (κ3) is 1.73. The van der Waals surface area contributed by atoms with Gasteiger partial charge in [0, 0.05) is 24.2 Å². The van der Waals surface area contributed by atoms with Crippen LogP contribution < -0.4 is 0 Å². The standard InChI is InChI=1S/C10H12OS2/c1-11-10(12-7-8-13-10)9-5-3-2-4-6-9/h2-6H,7-8H2,1H3. The van der Waals surface area contributed by atoms with Crippen molar-refractivity contribution in [3.05, 3.63) is 35.9 Å². The van der Waals surface area contributed by atoms with Crippen LogP contribution in [-0.4, -0.2) is 18.6 Å². The Bertz CT molecular complexity index is 268. The van der Waals surface area contributed by atoms with E-state index >= 15 is 0 Å². The molecular weight excluding hydrogens is 200 g/mol. The lowest BCUT2D eigenvalue weighted by Crippen LogP contribution is -2.16. The molecule has 0 spiro atoms. The molecule has 0 amide bonds. The first-order valence-corrected chi connectivity index (χ1v) is 6.23. The summed E-state index contributed by atoms with van der Waals surface area (Å²) in [7, 11) is 1.79. The lowest BCUT2D eigenvalue weighted by atomic mass is 10.2. The maximum atomic E-state index is 5.61. The minimum Gasteiger partial charge on any atom is -0.354 e. The van der Waals surface area contributed by atoms with Crippen LogP contribution in [0.4, 0.5) is 0 Å². The van der Waals surface area contributed by atoms with Crippen molar-refractivity contribution in [3.63, 3.8) is 0 Å². The normalized spacial score (nSPS) is 20.4. The van der Waals surface area contributed by atoms with Crippen LogP contribution >= 0.6 is 23.5 Å². The number of hydrogen-bond donors (Lipinski definition) is 0. The smallest absolute Gasteiger partial charge is 0.186 e. The highest BCUT2D eigenvalue weighted by Crippen LogP contribution is 2.52. The summed E-state index contributed by atoms with van der Waals surface area (Å²) in [5, 5.41) is 0. The Kier molecular flexibility index (Phi) is 2.86. The van der Waals surface area contributed by atoms with Crippen molar-refractivity contribution < 1.29 is 4.74 Å². The largest absolute Gasteiger partial charge is 0.354 e. The third-order valence-electron chi connectivity index (χ3n) is 2.06. The summed E-state index contributed by atoms with van der Waals surface area (Å²) in [6.07, 6.45) is 0. The predicted octanol–water partition coefficient (Wildman–Crippen LogP) is 2.92. The number of hydrogen-bond acceptors (Lipinski definition) is 3. The number of ether oxygens (including phenoxy) is 1. The molecule has 0 bridgehead atoms. The van der Waals surface area contributed by atoms with E-state index in [9.17, 15) is 0 Å².